The van der Waals surface area contributed by atoms with E-state index < -0.39 is 0 Å². The van der Waals surface area contributed by atoms with Gasteiger partial charge in [0.1, 0.15) is 5.75 Å². The van der Waals surface area contributed by atoms with Crippen molar-refractivity contribution >= 4 is 17.5 Å². The minimum absolute atomic E-state index is 0.0863. The number of ether oxygens (including phenoxy) is 1. The van der Waals surface area contributed by atoms with Crippen molar-refractivity contribution in [3.05, 3.63) is 28.8 Å². The molecule has 0 bridgehead atoms. The van der Waals surface area contributed by atoms with Crippen LogP contribution in [0.25, 0.3) is 0 Å². The van der Waals surface area contributed by atoms with Crippen LogP contribution in [0.5, 0.6) is 5.75 Å². The van der Waals surface area contributed by atoms with Crippen LogP contribution in [0.2, 0.25) is 5.02 Å². The third-order valence-electron chi connectivity index (χ3n) is 4.10. The highest BCUT2D eigenvalue weighted by atomic mass is 35.5. The van der Waals surface area contributed by atoms with Crippen LogP contribution in [0.3, 0.4) is 0 Å². The summed E-state index contributed by atoms with van der Waals surface area (Å²) in [5.74, 6) is 1.06. The maximum Gasteiger partial charge on any atom is 0.223 e. The van der Waals surface area contributed by atoms with Gasteiger partial charge in [-0.25, -0.2) is 0 Å². The van der Waals surface area contributed by atoms with Crippen molar-refractivity contribution in [2.24, 2.45) is 11.7 Å². The van der Waals surface area contributed by atoms with Crippen LogP contribution in [-0.2, 0) is 4.79 Å². The van der Waals surface area contributed by atoms with Crippen LogP contribution >= 0.6 is 11.6 Å². The monoisotopic (exact) mass is 324 g/mol. The lowest BCUT2D eigenvalue weighted by Crippen LogP contribution is -2.38. The molecule has 0 heterocycles. The van der Waals surface area contributed by atoms with Gasteiger partial charge in [-0.3, -0.25) is 4.79 Å². The molecule has 1 aromatic rings. The van der Waals surface area contributed by atoms with Gasteiger partial charge < -0.3 is 15.8 Å². The Labute approximate surface area is 137 Å². The van der Waals surface area contributed by atoms with Crippen LogP contribution in [-0.4, -0.2) is 25.1 Å². The Hall–Kier alpha value is -1.26. The quantitative estimate of drug-likeness (QED) is 0.790. The maximum absolute atomic E-state index is 12.0. The van der Waals surface area contributed by atoms with E-state index in [4.69, 9.17) is 22.1 Å². The summed E-state index contributed by atoms with van der Waals surface area (Å²) in [7, 11) is 0. The molecule has 22 heavy (non-hydrogen) atoms. The smallest absolute Gasteiger partial charge is 0.223 e. The van der Waals surface area contributed by atoms with Gasteiger partial charge in [0.05, 0.1) is 6.61 Å². The zero-order valence-corrected chi connectivity index (χ0v) is 13.9. The molecule has 2 atom stereocenters. The topological polar surface area (TPSA) is 64.3 Å². The van der Waals surface area contributed by atoms with Crippen molar-refractivity contribution in [1.82, 2.24) is 5.32 Å². The Morgan fingerprint density at radius 3 is 3.00 bits per heavy atom. The fourth-order valence-corrected chi connectivity index (χ4v) is 3.08. The van der Waals surface area contributed by atoms with Crippen molar-refractivity contribution < 1.29 is 9.53 Å². The molecule has 5 heteroatoms. The number of halogens is 1. The van der Waals surface area contributed by atoms with Crippen LogP contribution in [0.1, 0.15) is 37.7 Å². The Balaban J connectivity index is 1.63. The molecule has 0 radical (unpaired) electrons. The van der Waals surface area contributed by atoms with E-state index in [2.05, 4.69) is 5.32 Å². The fraction of sp³-hybridized carbons (Fsp3) is 0.588. The molecule has 4 nitrogen and oxygen atoms in total. The molecule has 0 spiro atoms. The molecule has 0 aliphatic heterocycles. The molecule has 122 valence electrons. The second kappa shape index (κ2) is 8.39. The van der Waals surface area contributed by atoms with Gasteiger partial charge in [-0.1, -0.05) is 18.0 Å². The predicted molar refractivity (Wildman–Crippen MR) is 89.2 cm³/mol. The molecule has 0 aromatic heterocycles. The minimum atomic E-state index is 0.0863. The molecule has 2 unspecified atom stereocenters. The molecule has 1 saturated carbocycles. The summed E-state index contributed by atoms with van der Waals surface area (Å²) in [6.07, 6.45) is 4.65. The summed E-state index contributed by atoms with van der Waals surface area (Å²) < 4.78 is 5.71. The van der Waals surface area contributed by atoms with Gasteiger partial charge in [-0.05, 0) is 56.4 Å². The zero-order chi connectivity index (χ0) is 15.9. The average Bonchev–Trinajstić information content (AvgIpc) is 2.48. The molecular formula is C17H25ClN2O2. The van der Waals surface area contributed by atoms with Crippen molar-refractivity contribution in [2.75, 3.05) is 13.2 Å². The summed E-state index contributed by atoms with van der Waals surface area (Å²) in [6, 6.07) is 5.75. The third kappa shape index (κ3) is 5.18. The number of hydrogen-bond acceptors (Lipinski definition) is 3. The average molecular weight is 325 g/mol. The van der Waals surface area contributed by atoms with E-state index in [-0.39, 0.29) is 17.9 Å². The number of carbonyl (C=O) groups excluding carboxylic acids is 1. The molecule has 1 aliphatic rings. The van der Waals surface area contributed by atoms with E-state index >= 15 is 0 Å². The van der Waals surface area contributed by atoms with Crippen molar-refractivity contribution in [3.8, 4) is 5.75 Å². The van der Waals surface area contributed by atoms with Crippen LogP contribution in [0.15, 0.2) is 18.2 Å². The SMILES string of the molecule is Cc1cc(Cl)ccc1OCCCNC(=O)C1CCCC(N)C1. The van der Waals surface area contributed by atoms with Crippen molar-refractivity contribution in [1.29, 1.82) is 0 Å². The summed E-state index contributed by atoms with van der Waals surface area (Å²) >= 11 is 5.91. The van der Waals surface area contributed by atoms with Crippen LogP contribution in [0, 0.1) is 12.8 Å². The lowest BCUT2D eigenvalue weighted by molar-refractivity contribution is -0.126. The predicted octanol–water partition coefficient (Wildman–Crippen LogP) is 3.05. The number of benzene rings is 1. The lowest BCUT2D eigenvalue weighted by atomic mass is 9.85. The normalized spacial score (nSPS) is 21.4. The van der Waals surface area contributed by atoms with E-state index in [9.17, 15) is 4.79 Å². The van der Waals surface area contributed by atoms with E-state index in [0.717, 1.165) is 43.4 Å². The number of nitrogens with two attached hydrogens (primary N) is 1. The largest absolute Gasteiger partial charge is 0.493 e. The lowest BCUT2D eigenvalue weighted by Gasteiger charge is -2.25. The van der Waals surface area contributed by atoms with Crippen molar-refractivity contribution in [2.45, 2.75) is 45.1 Å². The molecule has 0 saturated heterocycles. The molecule has 1 aromatic carbocycles. The molecule has 2 rings (SSSR count). The maximum atomic E-state index is 12.0. The van der Waals surface area contributed by atoms with E-state index in [0.29, 0.717) is 18.2 Å². The Bertz CT molecular complexity index is 507. The Kier molecular flexibility index (Phi) is 6.52. The number of hydrogen-bond donors (Lipinski definition) is 2. The number of nitrogens with one attached hydrogen (secondary N) is 1. The third-order valence-corrected chi connectivity index (χ3v) is 4.34. The van der Waals surface area contributed by atoms with E-state index in [1.54, 1.807) is 0 Å². The fourth-order valence-electron chi connectivity index (χ4n) is 2.85. The first kappa shape index (κ1) is 17.1. The molecular weight excluding hydrogens is 300 g/mol. The summed E-state index contributed by atoms with van der Waals surface area (Å²) in [5, 5.41) is 3.70. The highest BCUT2D eigenvalue weighted by Gasteiger charge is 2.24. The zero-order valence-electron chi connectivity index (χ0n) is 13.1. The number of amides is 1. The molecule has 1 aliphatic carbocycles. The Morgan fingerprint density at radius 2 is 2.27 bits per heavy atom. The first-order valence-corrected chi connectivity index (χ1v) is 8.36. The summed E-state index contributed by atoms with van der Waals surface area (Å²) in [6.45, 7) is 3.18. The minimum Gasteiger partial charge on any atom is -0.493 e. The standard InChI is InChI=1S/C17H25ClN2O2/c1-12-10-14(18)6-7-16(12)22-9-3-8-20-17(21)13-4-2-5-15(19)11-13/h6-7,10,13,15H,2-5,8-9,11,19H2,1H3,(H,20,21). The summed E-state index contributed by atoms with van der Waals surface area (Å²) in [4.78, 5) is 12.0. The van der Waals surface area contributed by atoms with Gasteiger partial charge >= 0.3 is 0 Å². The van der Waals surface area contributed by atoms with Gasteiger partial charge in [0, 0.05) is 23.5 Å². The first-order valence-electron chi connectivity index (χ1n) is 7.98. The molecule has 1 fully saturated rings. The second-order valence-corrected chi connectivity index (χ2v) is 6.46. The first-order chi connectivity index (χ1) is 10.6. The highest BCUT2D eigenvalue weighted by Crippen LogP contribution is 2.23. The van der Waals surface area contributed by atoms with Gasteiger partial charge in [0.2, 0.25) is 5.91 Å². The summed E-state index contributed by atoms with van der Waals surface area (Å²) in [5.41, 5.74) is 6.94. The molecule has 1 amide bonds. The number of rotatable bonds is 6. The van der Waals surface area contributed by atoms with Crippen molar-refractivity contribution in [3.63, 3.8) is 0 Å². The van der Waals surface area contributed by atoms with Gasteiger partial charge in [-0.15, -0.1) is 0 Å². The number of carbonyl (C=O) groups is 1. The van der Waals surface area contributed by atoms with Gasteiger partial charge in [-0.2, -0.15) is 0 Å². The number of aryl methyl sites for hydroxylation is 1. The van der Waals surface area contributed by atoms with Crippen LogP contribution < -0.4 is 15.8 Å². The Morgan fingerprint density at radius 1 is 1.45 bits per heavy atom. The second-order valence-electron chi connectivity index (χ2n) is 6.03. The van der Waals surface area contributed by atoms with E-state index in [1.807, 2.05) is 25.1 Å². The highest BCUT2D eigenvalue weighted by molar-refractivity contribution is 6.30. The van der Waals surface area contributed by atoms with Gasteiger partial charge in [0.25, 0.3) is 0 Å². The molecule has 3 N–H and O–H groups in total. The van der Waals surface area contributed by atoms with E-state index in [1.165, 1.54) is 0 Å². The van der Waals surface area contributed by atoms with Gasteiger partial charge in [0.15, 0.2) is 0 Å². The van der Waals surface area contributed by atoms with Crippen LogP contribution in [0.4, 0.5) is 0 Å².